The standard InChI is InChI=1S/C28H30N4O8/c1-17-25-26(30-20-8-6-5-7-19(20)29-25)18(2)28-27(17)31-21-9-23(39-15-37-13-35-11-33-3)24(10-22(21)32-28)40-16-38-14-36-12-34-4/h5-10H,11-16H2,1-4H3. The molecule has 12 nitrogen and oxygen atoms in total. The lowest BCUT2D eigenvalue weighted by Crippen LogP contribution is -2.11. The number of aryl methyl sites for hydroxylation is 2. The van der Waals surface area contributed by atoms with Crippen LogP contribution in [-0.4, -0.2) is 74.9 Å². The lowest BCUT2D eigenvalue weighted by atomic mass is 10.0. The van der Waals surface area contributed by atoms with E-state index in [1.807, 2.05) is 38.1 Å². The zero-order chi connectivity index (χ0) is 27.9. The van der Waals surface area contributed by atoms with E-state index in [9.17, 15) is 0 Å². The number of benzene rings is 3. The van der Waals surface area contributed by atoms with Crippen molar-refractivity contribution in [2.45, 2.75) is 13.8 Å². The van der Waals surface area contributed by atoms with Gasteiger partial charge in [-0.2, -0.15) is 0 Å². The molecule has 0 spiro atoms. The summed E-state index contributed by atoms with van der Waals surface area (Å²) in [5.41, 5.74) is 7.75. The summed E-state index contributed by atoms with van der Waals surface area (Å²) in [6.45, 7) is 4.03. The van der Waals surface area contributed by atoms with E-state index in [2.05, 4.69) is 0 Å². The summed E-state index contributed by atoms with van der Waals surface area (Å²) in [5, 5.41) is 0. The summed E-state index contributed by atoms with van der Waals surface area (Å²) in [4.78, 5) is 19.7. The third-order valence-corrected chi connectivity index (χ3v) is 6.05. The monoisotopic (exact) mass is 550 g/mol. The number of hydrogen-bond acceptors (Lipinski definition) is 12. The molecule has 0 fully saturated rings. The Morgan fingerprint density at radius 3 is 1.27 bits per heavy atom. The van der Waals surface area contributed by atoms with E-state index in [1.54, 1.807) is 12.1 Å². The van der Waals surface area contributed by atoms with Crippen molar-refractivity contribution in [3.05, 3.63) is 47.5 Å². The second-order valence-corrected chi connectivity index (χ2v) is 8.76. The molecule has 2 aromatic heterocycles. The third-order valence-electron chi connectivity index (χ3n) is 6.05. The highest BCUT2D eigenvalue weighted by atomic mass is 16.8. The van der Waals surface area contributed by atoms with Gasteiger partial charge in [-0.3, -0.25) is 0 Å². The Bertz CT molecular complexity index is 1510. The van der Waals surface area contributed by atoms with Crippen LogP contribution in [0.5, 0.6) is 11.5 Å². The van der Waals surface area contributed by atoms with Gasteiger partial charge < -0.3 is 37.9 Å². The van der Waals surface area contributed by atoms with Crippen LogP contribution in [-0.2, 0) is 28.4 Å². The molecule has 3 aromatic carbocycles. The van der Waals surface area contributed by atoms with Gasteiger partial charge in [0.1, 0.15) is 13.6 Å². The summed E-state index contributed by atoms with van der Waals surface area (Å²) >= 11 is 0. The molecule has 12 heteroatoms. The van der Waals surface area contributed by atoms with Crippen molar-refractivity contribution >= 4 is 44.1 Å². The Morgan fingerprint density at radius 1 is 0.500 bits per heavy atom. The molecule has 5 aromatic rings. The summed E-state index contributed by atoms with van der Waals surface area (Å²) in [6.07, 6.45) is 0. The number of aromatic nitrogens is 4. The van der Waals surface area contributed by atoms with Crippen LogP contribution in [0, 0.1) is 13.8 Å². The highest BCUT2D eigenvalue weighted by Crippen LogP contribution is 2.35. The molecule has 0 unspecified atom stereocenters. The minimum Gasteiger partial charge on any atom is -0.463 e. The fourth-order valence-corrected chi connectivity index (χ4v) is 4.19. The Balaban J connectivity index is 1.51. The zero-order valence-corrected chi connectivity index (χ0v) is 22.8. The Kier molecular flexibility index (Phi) is 9.06. The number of methoxy groups -OCH3 is 2. The van der Waals surface area contributed by atoms with Gasteiger partial charge in [-0.1, -0.05) is 12.1 Å². The molecule has 0 aliphatic heterocycles. The van der Waals surface area contributed by atoms with E-state index in [-0.39, 0.29) is 40.8 Å². The van der Waals surface area contributed by atoms with Gasteiger partial charge in [-0.25, -0.2) is 19.9 Å². The van der Waals surface area contributed by atoms with Crippen LogP contribution in [0.4, 0.5) is 0 Å². The summed E-state index contributed by atoms with van der Waals surface area (Å²) < 4.78 is 42.4. The molecule has 40 heavy (non-hydrogen) atoms. The van der Waals surface area contributed by atoms with Crippen LogP contribution < -0.4 is 9.47 Å². The van der Waals surface area contributed by atoms with Gasteiger partial charge in [0.25, 0.3) is 0 Å². The molecule has 0 N–H and O–H groups in total. The quantitative estimate of drug-likeness (QED) is 0.111. The van der Waals surface area contributed by atoms with Crippen LogP contribution >= 0.6 is 0 Å². The van der Waals surface area contributed by atoms with Gasteiger partial charge >= 0.3 is 0 Å². The van der Waals surface area contributed by atoms with Crippen LogP contribution in [0.25, 0.3) is 44.1 Å². The van der Waals surface area contributed by atoms with Crippen molar-refractivity contribution in [3.63, 3.8) is 0 Å². The molecule has 0 atom stereocenters. The van der Waals surface area contributed by atoms with E-state index < -0.39 is 0 Å². The highest BCUT2D eigenvalue weighted by Gasteiger charge is 2.18. The number of nitrogens with zero attached hydrogens (tertiary/aromatic N) is 4. The van der Waals surface area contributed by atoms with E-state index in [0.29, 0.717) is 22.5 Å². The maximum absolute atomic E-state index is 5.84. The summed E-state index contributed by atoms with van der Waals surface area (Å²) in [5.74, 6) is 0.797. The lowest BCUT2D eigenvalue weighted by Gasteiger charge is -2.15. The number of hydrogen-bond donors (Lipinski definition) is 0. The number of rotatable bonds is 14. The highest BCUT2D eigenvalue weighted by molar-refractivity contribution is 6.03. The smallest absolute Gasteiger partial charge is 0.191 e. The van der Waals surface area contributed by atoms with Gasteiger partial charge in [0.2, 0.25) is 0 Å². The molecule has 0 bridgehead atoms. The zero-order valence-electron chi connectivity index (χ0n) is 22.8. The Hall–Kier alpha value is -3.78. The first-order valence-corrected chi connectivity index (χ1v) is 12.5. The second-order valence-electron chi connectivity index (χ2n) is 8.76. The predicted octanol–water partition coefficient (Wildman–Crippen LogP) is 4.36. The van der Waals surface area contributed by atoms with Crippen molar-refractivity contribution in [2.24, 2.45) is 0 Å². The average molecular weight is 551 g/mol. The normalized spacial score (nSPS) is 11.7. The molecule has 0 radical (unpaired) electrons. The van der Waals surface area contributed by atoms with Crippen LogP contribution in [0.3, 0.4) is 0 Å². The topological polar surface area (TPSA) is 125 Å². The van der Waals surface area contributed by atoms with Crippen molar-refractivity contribution in [1.82, 2.24) is 19.9 Å². The van der Waals surface area contributed by atoms with E-state index in [4.69, 9.17) is 57.8 Å². The van der Waals surface area contributed by atoms with Crippen molar-refractivity contribution < 1.29 is 37.9 Å². The summed E-state index contributed by atoms with van der Waals surface area (Å²) in [7, 11) is 3.06. The number of fused-ring (bicyclic) bond motifs is 4. The molecule has 0 aliphatic carbocycles. The molecule has 0 saturated carbocycles. The van der Waals surface area contributed by atoms with Crippen LogP contribution in [0.2, 0.25) is 0 Å². The summed E-state index contributed by atoms with van der Waals surface area (Å²) in [6, 6.07) is 11.3. The van der Waals surface area contributed by atoms with Crippen molar-refractivity contribution in [1.29, 1.82) is 0 Å². The largest absolute Gasteiger partial charge is 0.463 e. The minimum absolute atomic E-state index is 0.00324. The third kappa shape index (κ3) is 6.02. The maximum atomic E-state index is 5.84. The van der Waals surface area contributed by atoms with Gasteiger partial charge in [0.05, 0.1) is 44.1 Å². The second kappa shape index (κ2) is 13.0. The fourth-order valence-electron chi connectivity index (χ4n) is 4.19. The Labute approximate surface area is 230 Å². The SMILES string of the molecule is COCOCOCOc1cc2nc3c(C)c4nc5ccccc5nc4c(C)c3nc2cc1OCOCOCOC. The maximum Gasteiger partial charge on any atom is 0.191 e. The van der Waals surface area contributed by atoms with Crippen molar-refractivity contribution in [3.8, 4) is 11.5 Å². The van der Waals surface area contributed by atoms with E-state index >= 15 is 0 Å². The van der Waals surface area contributed by atoms with Crippen LogP contribution in [0.15, 0.2) is 36.4 Å². The first kappa shape index (κ1) is 27.8. The molecule has 0 saturated heterocycles. The molecule has 0 aliphatic rings. The van der Waals surface area contributed by atoms with E-state index in [1.165, 1.54) is 14.2 Å². The molecule has 0 amide bonds. The minimum atomic E-state index is -0.0875. The van der Waals surface area contributed by atoms with Crippen molar-refractivity contribution in [2.75, 3.05) is 55.0 Å². The predicted molar refractivity (Wildman–Crippen MR) is 146 cm³/mol. The van der Waals surface area contributed by atoms with Crippen LogP contribution in [0.1, 0.15) is 11.1 Å². The van der Waals surface area contributed by atoms with E-state index in [0.717, 1.165) is 44.2 Å². The molecule has 2 heterocycles. The molecular formula is C28H30N4O8. The Morgan fingerprint density at radius 2 is 0.875 bits per heavy atom. The van der Waals surface area contributed by atoms with Gasteiger partial charge in [-0.05, 0) is 26.0 Å². The molecule has 210 valence electrons. The van der Waals surface area contributed by atoms with Gasteiger partial charge in [0, 0.05) is 37.5 Å². The van der Waals surface area contributed by atoms with Gasteiger partial charge in [-0.15, -0.1) is 0 Å². The fraction of sp³-hybridized carbons (Fsp3) is 0.357. The number of ether oxygens (including phenoxy) is 8. The molecule has 5 rings (SSSR count). The lowest BCUT2D eigenvalue weighted by molar-refractivity contribution is -0.148. The first-order chi connectivity index (χ1) is 19.6. The van der Waals surface area contributed by atoms with Gasteiger partial charge in [0.15, 0.2) is 38.7 Å². The first-order valence-electron chi connectivity index (χ1n) is 12.5. The average Bonchev–Trinajstić information content (AvgIpc) is 2.98. The number of para-hydroxylation sites is 2. The molecular weight excluding hydrogens is 520 g/mol.